The van der Waals surface area contributed by atoms with Crippen molar-refractivity contribution in [3.63, 3.8) is 0 Å². The standard InChI is InChI=1S/C10H8Cl2N4O/c1-16-13-5-9(15-16)10(17)14-8-4-6(11)2-3-7(8)12/h2-5H,1H3,(H,14,17). The van der Waals surface area contributed by atoms with Crippen LogP contribution in [-0.2, 0) is 7.05 Å². The van der Waals surface area contributed by atoms with Gasteiger partial charge in [0.2, 0.25) is 0 Å². The zero-order chi connectivity index (χ0) is 12.4. The van der Waals surface area contributed by atoms with E-state index in [9.17, 15) is 4.79 Å². The van der Waals surface area contributed by atoms with E-state index < -0.39 is 0 Å². The van der Waals surface area contributed by atoms with Gasteiger partial charge in [-0.2, -0.15) is 9.90 Å². The fourth-order valence-electron chi connectivity index (χ4n) is 1.23. The van der Waals surface area contributed by atoms with Gasteiger partial charge in [0.15, 0.2) is 5.69 Å². The summed E-state index contributed by atoms with van der Waals surface area (Å²) in [4.78, 5) is 13.1. The molecule has 0 unspecified atom stereocenters. The molecule has 0 fully saturated rings. The molecule has 5 nitrogen and oxygen atoms in total. The lowest BCUT2D eigenvalue weighted by atomic mass is 10.3. The van der Waals surface area contributed by atoms with E-state index in [1.54, 1.807) is 25.2 Å². The number of aryl methyl sites for hydroxylation is 1. The van der Waals surface area contributed by atoms with E-state index in [0.29, 0.717) is 15.7 Å². The molecule has 0 saturated carbocycles. The Balaban J connectivity index is 2.21. The van der Waals surface area contributed by atoms with E-state index in [1.807, 2.05) is 0 Å². The zero-order valence-electron chi connectivity index (χ0n) is 8.82. The van der Waals surface area contributed by atoms with E-state index in [4.69, 9.17) is 23.2 Å². The van der Waals surface area contributed by atoms with Crippen LogP contribution in [-0.4, -0.2) is 20.9 Å². The quantitative estimate of drug-likeness (QED) is 0.912. The van der Waals surface area contributed by atoms with Crippen molar-refractivity contribution in [1.29, 1.82) is 0 Å². The number of nitrogens with zero attached hydrogens (tertiary/aromatic N) is 3. The van der Waals surface area contributed by atoms with Crippen LogP contribution >= 0.6 is 23.2 Å². The average Bonchev–Trinajstić information content (AvgIpc) is 2.70. The van der Waals surface area contributed by atoms with Crippen LogP contribution in [0.5, 0.6) is 0 Å². The van der Waals surface area contributed by atoms with Gasteiger partial charge in [0.1, 0.15) is 0 Å². The number of hydrogen-bond acceptors (Lipinski definition) is 3. The molecular weight excluding hydrogens is 263 g/mol. The molecule has 1 amide bonds. The number of aromatic nitrogens is 3. The first-order chi connectivity index (χ1) is 8.06. The molecule has 0 saturated heterocycles. The minimum Gasteiger partial charge on any atom is -0.319 e. The van der Waals surface area contributed by atoms with Crippen molar-refractivity contribution in [3.8, 4) is 0 Å². The fraction of sp³-hybridized carbons (Fsp3) is 0.100. The second-order valence-electron chi connectivity index (χ2n) is 3.30. The van der Waals surface area contributed by atoms with Crippen molar-refractivity contribution in [2.75, 3.05) is 5.32 Å². The number of rotatable bonds is 2. The molecule has 2 aromatic rings. The van der Waals surface area contributed by atoms with Gasteiger partial charge in [0, 0.05) is 12.1 Å². The molecule has 1 aromatic carbocycles. The monoisotopic (exact) mass is 270 g/mol. The second kappa shape index (κ2) is 4.73. The van der Waals surface area contributed by atoms with Crippen molar-refractivity contribution in [2.45, 2.75) is 0 Å². The molecule has 0 aliphatic rings. The summed E-state index contributed by atoms with van der Waals surface area (Å²) in [5.41, 5.74) is 0.651. The van der Waals surface area contributed by atoms with Crippen LogP contribution in [0, 0.1) is 0 Å². The molecular formula is C10H8Cl2N4O. The Kier molecular flexibility index (Phi) is 3.31. The lowest BCUT2D eigenvalue weighted by Gasteiger charge is -2.05. The maximum absolute atomic E-state index is 11.8. The number of nitrogens with one attached hydrogen (secondary N) is 1. The SMILES string of the molecule is Cn1ncc(C(=O)Nc2cc(Cl)ccc2Cl)n1. The van der Waals surface area contributed by atoms with Crippen LogP contribution in [0.3, 0.4) is 0 Å². The molecule has 0 radical (unpaired) electrons. The predicted octanol–water partition coefficient (Wildman–Crippen LogP) is 2.37. The molecule has 17 heavy (non-hydrogen) atoms. The molecule has 7 heteroatoms. The summed E-state index contributed by atoms with van der Waals surface area (Å²) in [6.45, 7) is 0. The Morgan fingerprint density at radius 2 is 2.18 bits per heavy atom. The Labute approximate surface area is 107 Å². The van der Waals surface area contributed by atoms with Crippen LogP contribution in [0.1, 0.15) is 10.5 Å². The van der Waals surface area contributed by atoms with Crippen LogP contribution < -0.4 is 5.32 Å². The highest BCUT2D eigenvalue weighted by atomic mass is 35.5. The van der Waals surface area contributed by atoms with Crippen molar-refractivity contribution in [2.24, 2.45) is 7.05 Å². The summed E-state index contributed by atoms with van der Waals surface area (Å²) in [6.07, 6.45) is 1.37. The van der Waals surface area contributed by atoms with Gasteiger partial charge in [-0.1, -0.05) is 23.2 Å². The van der Waals surface area contributed by atoms with Gasteiger partial charge in [-0.05, 0) is 18.2 Å². The van der Waals surface area contributed by atoms with Gasteiger partial charge in [-0.15, -0.1) is 5.10 Å². The van der Waals surface area contributed by atoms with Crippen LogP contribution in [0.15, 0.2) is 24.4 Å². The number of halogens is 2. The zero-order valence-corrected chi connectivity index (χ0v) is 10.3. The van der Waals surface area contributed by atoms with E-state index in [2.05, 4.69) is 15.5 Å². The summed E-state index contributed by atoms with van der Waals surface area (Å²) in [5.74, 6) is -0.387. The average molecular weight is 271 g/mol. The van der Waals surface area contributed by atoms with E-state index in [-0.39, 0.29) is 11.6 Å². The highest BCUT2D eigenvalue weighted by Crippen LogP contribution is 2.25. The van der Waals surface area contributed by atoms with Crippen LogP contribution in [0.4, 0.5) is 5.69 Å². The molecule has 0 aliphatic heterocycles. The highest BCUT2D eigenvalue weighted by molar-refractivity contribution is 6.35. The summed E-state index contributed by atoms with van der Waals surface area (Å²) < 4.78 is 0. The van der Waals surface area contributed by atoms with E-state index in [0.717, 1.165) is 0 Å². The molecule has 0 spiro atoms. The lowest BCUT2D eigenvalue weighted by Crippen LogP contribution is -2.13. The number of benzene rings is 1. The number of amides is 1. The van der Waals surface area contributed by atoms with Crippen LogP contribution in [0.2, 0.25) is 10.0 Å². The van der Waals surface area contributed by atoms with Gasteiger partial charge in [-0.25, -0.2) is 0 Å². The van der Waals surface area contributed by atoms with Gasteiger partial charge < -0.3 is 5.32 Å². The van der Waals surface area contributed by atoms with Gasteiger partial charge in [0.25, 0.3) is 5.91 Å². The second-order valence-corrected chi connectivity index (χ2v) is 4.14. The van der Waals surface area contributed by atoms with Gasteiger partial charge in [-0.3, -0.25) is 4.79 Å². The van der Waals surface area contributed by atoms with E-state index >= 15 is 0 Å². The third-order valence-corrected chi connectivity index (χ3v) is 2.57. The maximum Gasteiger partial charge on any atom is 0.277 e. The molecule has 1 heterocycles. The summed E-state index contributed by atoms with van der Waals surface area (Å²) in [7, 11) is 1.63. The summed E-state index contributed by atoms with van der Waals surface area (Å²) in [6, 6.07) is 4.82. The third kappa shape index (κ3) is 2.75. The van der Waals surface area contributed by atoms with Crippen molar-refractivity contribution < 1.29 is 4.79 Å². The first-order valence-corrected chi connectivity index (χ1v) is 5.44. The molecule has 0 bridgehead atoms. The molecule has 1 N–H and O–H groups in total. The maximum atomic E-state index is 11.8. The van der Waals surface area contributed by atoms with Crippen LogP contribution in [0.25, 0.3) is 0 Å². The number of anilines is 1. The largest absolute Gasteiger partial charge is 0.319 e. The minimum atomic E-state index is -0.387. The first-order valence-electron chi connectivity index (χ1n) is 4.69. The smallest absolute Gasteiger partial charge is 0.277 e. The first kappa shape index (κ1) is 11.9. The van der Waals surface area contributed by atoms with Crippen molar-refractivity contribution >= 4 is 34.8 Å². The van der Waals surface area contributed by atoms with Crippen molar-refractivity contribution in [3.05, 3.63) is 40.1 Å². The van der Waals surface area contributed by atoms with Gasteiger partial charge >= 0.3 is 0 Å². The Bertz CT molecular complexity index is 567. The van der Waals surface area contributed by atoms with Crippen molar-refractivity contribution in [1.82, 2.24) is 15.0 Å². The molecule has 88 valence electrons. The normalized spacial score (nSPS) is 10.3. The Hall–Kier alpha value is -1.59. The Morgan fingerprint density at radius 1 is 1.41 bits per heavy atom. The summed E-state index contributed by atoms with van der Waals surface area (Å²) in [5, 5.41) is 11.2. The number of hydrogen-bond donors (Lipinski definition) is 1. The number of carbonyl (C=O) groups is 1. The Morgan fingerprint density at radius 3 is 2.82 bits per heavy atom. The topological polar surface area (TPSA) is 59.8 Å². The highest BCUT2D eigenvalue weighted by Gasteiger charge is 2.11. The predicted molar refractivity (Wildman–Crippen MR) is 65.4 cm³/mol. The van der Waals surface area contributed by atoms with Gasteiger partial charge in [0.05, 0.1) is 16.9 Å². The molecule has 0 aliphatic carbocycles. The minimum absolute atomic E-state index is 0.212. The molecule has 0 atom stereocenters. The third-order valence-electron chi connectivity index (χ3n) is 2.01. The molecule has 1 aromatic heterocycles. The summed E-state index contributed by atoms with van der Waals surface area (Å²) >= 11 is 11.7. The van der Waals surface area contributed by atoms with E-state index in [1.165, 1.54) is 11.0 Å². The molecule has 2 rings (SSSR count). The lowest BCUT2D eigenvalue weighted by molar-refractivity contribution is 0.102. The fourth-order valence-corrected chi connectivity index (χ4v) is 1.57. The number of carbonyl (C=O) groups excluding carboxylic acids is 1.